The predicted molar refractivity (Wildman–Crippen MR) is 128 cm³/mol. The summed E-state index contributed by atoms with van der Waals surface area (Å²) in [6, 6.07) is 6.47. The third-order valence-electron chi connectivity index (χ3n) is 5.66. The van der Waals surface area contributed by atoms with Crippen molar-refractivity contribution in [1.29, 1.82) is 0 Å². The number of H-pyrrole nitrogens is 2. The molecule has 1 amide bonds. The Bertz CT molecular complexity index is 1450. The number of imidazole rings is 1. The number of Topliss-reactive ketones (excluding diaryl/α,β-unsaturated/α-hetero) is 1. The Morgan fingerprint density at radius 1 is 1.20 bits per heavy atom. The minimum absolute atomic E-state index is 0.192. The minimum atomic E-state index is -0.958. The average Bonchev–Trinajstić information content (AvgIpc) is 3.51. The van der Waals surface area contributed by atoms with Gasteiger partial charge in [-0.15, -0.1) is 10.2 Å². The Morgan fingerprint density at radius 2 is 1.91 bits per heavy atom. The van der Waals surface area contributed by atoms with E-state index in [0.29, 0.717) is 11.5 Å². The van der Waals surface area contributed by atoms with E-state index in [4.69, 9.17) is 4.42 Å². The Hall–Kier alpha value is -4.15. The Balaban J connectivity index is 1.55. The van der Waals surface area contributed by atoms with Gasteiger partial charge in [0, 0.05) is 28.1 Å². The molecule has 3 heterocycles. The number of aromatic nitrogens is 5. The molecule has 0 saturated heterocycles. The zero-order valence-electron chi connectivity index (χ0n) is 20.2. The van der Waals surface area contributed by atoms with Crippen molar-refractivity contribution in [2.24, 2.45) is 5.92 Å². The van der Waals surface area contributed by atoms with E-state index in [1.807, 2.05) is 45.0 Å². The first-order valence-electron chi connectivity index (χ1n) is 11.2. The number of amides is 1. The lowest BCUT2D eigenvalue weighted by molar-refractivity contribution is -0.122. The number of hydrogen-bond acceptors (Lipinski definition) is 7. The fraction of sp³-hybridized carbons (Fsp3) is 0.375. The van der Waals surface area contributed by atoms with Crippen LogP contribution in [-0.4, -0.2) is 47.6 Å². The Labute approximate surface area is 200 Å². The molecule has 0 bridgehead atoms. The minimum Gasteiger partial charge on any atom is -0.493 e. The van der Waals surface area contributed by atoms with Crippen molar-refractivity contribution in [2.75, 3.05) is 0 Å². The SMILES string of the molecule is CC(C)C(NC(=O)Cn1c(O)c(-c2c[nH]c3ccccc23)[nH]c1=O)C(=O)c1nnc(C(C)(C)C)o1. The molecule has 35 heavy (non-hydrogen) atoms. The van der Waals surface area contributed by atoms with Gasteiger partial charge in [-0.1, -0.05) is 52.8 Å². The molecule has 0 fully saturated rings. The third kappa shape index (κ3) is 4.61. The number of carbonyl (C=O) groups excluding carboxylic acids is 2. The summed E-state index contributed by atoms with van der Waals surface area (Å²) in [5.74, 6) is -1.72. The van der Waals surface area contributed by atoms with E-state index >= 15 is 0 Å². The number of nitrogens with zero attached hydrogens (tertiary/aromatic N) is 3. The number of rotatable bonds is 7. The average molecular weight is 481 g/mol. The van der Waals surface area contributed by atoms with Crippen molar-refractivity contribution in [3.63, 3.8) is 0 Å². The van der Waals surface area contributed by atoms with Crippen molar-refractivity contribution >= 4 is 22.6 Å². The molecule has 4 N–H and O–H groups in total. The Kier molecular flexibility index (Phi) is 6.10. The standard InChI is InChI=1S/C24H28N6O5/c1-12(2)17(19(32)20-28-29-22(35-20)24(3,4)5)26-16(31)11-30-21(33)18(27-23(30)34)14-10-25-15-9-7-6-8-13(14)15/h6-10,12,17,25,33H,11H2,1-5H3,(H,26,31)(H,27,34). The van der Waals surface area contributed by atoms with E-state index in [2.05, 4.69) is 25.5 Å². The summed E-state index contributed by atoms with van der Waals surface area (Å²) >= 11 is 0. The molecule has 0 aliphatic heterocycles. The summed E-state index contributed by atoms with van der Waals surface area (Å²) in [4.78, 5) is 44.1. The van der Waals surface area contributed by atoms with E-state index in [9.17, 15) is 19.5 Å². The summed E-state index contributed by atoms with van der Waals surface area (Å²) in [5.41, 5.74) is 0.532. The molecular formula is C24H28N6O5. The predicted octanol–water partition coefficient (Wildman–Crippen LogP) is 2.73. The lowest BCUT2D eigenvalue weighted by Gasteiger charge is -2.19. The van der Waals surface area contributed by atoms with Crippen LogP contribution >= 0.6 is 0 Å². The van der Waals surface area contributed by atoms with Gasteiger partial charge in [-0.3, -0.25) is 14.2 Å². The smallest absolute Gasteiger partial charge is 0.329 e. The Morgan fingerprint density at radius 3 is 2.57 bits per heavy atom. The van der Waals surface area contributed by atoms with Gasteiger partial charge in [0.1, 0.15) is 12.2 Å². The number of fused-ring (bicyclic) bond motifs is 1. The highest BCUT2D eigenvalue weighted by Crippen LogP contribution is 2.32. The third-order valence-corrected chi connectivity index (χ3v) is 5.66. The molecule has 11 heteroatoms. The highest BCUT2D eigenvalue weighted by atomic mass is 16.4. The first-order valence-corrected chi connectivity index (χ1v) is 11.2. The topological polar surface area (TPSA) is 159 Å². The second-order valence-corrected chi connectivity index (χ2v) is 9.78. The largest absolute Gasteiger partial charge is 0.493 e. The van der Waals surface area contributed by atoms with Crippen LogP contribution in [0, 0.1) is 5.92 Å². The normalized spacial score (nSPS) is 12.9. The summed E-state index contributed by atoms with van der Waals surface area (Å²) in [5, 5.41) is 21.9. The number of aromatic hydroxyl groups is 1. The fourth-order valence-electron chi connectivity index (χ4n) is 3.73. The molecule has 1 unspecified atom stereocenters. The molecule has 184 valence electrons. The second-order valence-electron chi connectivity index (χ2n) is 9.78. The first-order chi connectivity index (χ1) is 16.5. The van der Waals surface area contributed by atoms with Crippen molar-refractivity contribution in [3.05, 3.63) is 52.7 Å². The molecule has 3 aromatic heterocycles. The molecule has 4 aromatic rings. The van der Waals surface area contributed by atoms with Crippen LogP contribution < -0.4 is 11.0 Å². The molecule has 0 aliphatic carbocycles. The van der Waals surface area contributed by atoms with Crippen LogP contribution in [0.1, 0.15) is 51.2 Å². The quantitative estimate of drug-likeness (QED) is 0.296. The van der Waals surface area contributed by atoms with Gasteiger partial charge in [-0.25, -0.2) is 4.79 Å². The number of ketones is 1. The number of hydrogen-bond donors (Lipinski definition) is 4. The monoisotopic (exact) mass is 480 g/mol. The first kappa shape index (κ1) is 24.0. The number of para-hydroxylation sites is 1. The van der Waals surface area contributed by atoms with Gasteiger partial charge in [0.2, 0.25) is 23.5 Å². The van der Waals surface area contributed by atoms with Crippen LogP contribution in [0.15, 0.2) is 39.7 Å². The van der Waals surface area contributed by atoms with E-state index in [-0.39, 0.29) is 23.4 Å². The van der Waals surface area contributed by atoms with E-state index in [0.717, 1.165) is 15.5 Å². The van der Waals surface area contributed by atoms with Crippen molar-refractivity contribution < 1.29 is 19.1 Å². The van der Waals surface area contributed by atoms with Crippen molar-refractivity contribution in [2.45, 2.75) is 52.6 Å². The highest BCUT2D eigenvalue weighted by molar-refractivity contribution is 5.98. The lowest BCUT2D eigenvalue weighted by Crippen LogP contribution is -2.46. The summed E-state index contributed by atoms with van der Waals surface area (Å²) in [7, 11) is 0. The zero-order chi connectivity index (χ0) is 25.5. The molecular weight excluding hydrogens is 452 g/mol. The second kappa shape index (κ2) is 8.90. The molecule has 0 spiro atoms. The van der Waals surface area contributed by atoms with Crippen LogP contribution in [-0.2, 0) is 16.8 Å². The summed E-state index contributed by atoms with van der Waals surface area (Å²) < 4.78 is 6.45. The van der Waals surface area contributed by atoms with Gasteiger partial charge in [-0.2, -0.15) is 0 Å². The van der Waals surface area contributed by atoms with Crippen LogP contribution in [0.2, 0.25) is 0 Å². The van der Waals surface area contributed by atoms with Gasteiger partial charge in [0.05, 0.1) is 6.04 Å². The van der Waals surface area contributed by atoms with E-state index < -0.39 is 35.4 Å². The maximum absolute atomic E-state index is 13.0. The molecule has 1 aromatic carbocycles. The number of carbonyl (C=O) groups is 2. The van der Waals surface area contributed by atoms with Crippen molar-refractivity contribution in [3.8, 4) is 17.1 Å². The van der Waals surface area contributed by atoms with Crippen molar-refractivity contribution in [1.82, 2.24) is 30.0 Å². The number of aromatic amines is 2. The highest BCUT2D eigenvalue weighted by Gasteiger charge is 2.32. The maximum atomic E-state index is 13.0. The molecule has 11 nitrogen and oxygen atoms in total. The fourth-order valence-corrected chi connectivity index (χ4v) is 3.73. The van der Waals surface area contributed by atoms with Crippen LogP contribution in [0.5, 0.6) is 5.88 Å². The summed E-state index contributed by atoms with van der Waals surface area (Å²) in [6.45, 7) is 8.67. The van der Waals surface area contributed by atoms with Crippen LogP contribution in [0.3, 0.4) is 0 Å². The molecule has 0 aliphatic rings. The molecule has 0 saturated carbocycles. The number of nitrogens with one attached hydrogen (secondary N) is 3. The lowest BCUT2D eigenvalue weighted by atomic mass is 9.97. The zero-order valence-corrected chi connectivity index (χ0v) is 20.2. The van der Waals surface area contributed by atoms with E-state index in [1.54, 1.807) is 20.0 Å². The van der Waals surface area contributed by atoms with Gasteiger partial charge >= 0.3 is 5.69 Å². The van der Waals surface area contributed by atoms with Crippen LogP contribution in [0.25, 0.3) is 22.2 Å². The van der Waals surface area contributed by atoms with Crippen LogP contribution in [0.4, 0.5) is 0 Å². The molecule has 1 atom stereocenters. The number of benzene rings is 1. The molecule has 0 radical (unpaired) electrons. The summed E-state index contributed by atoms with van der Waals surface area (Å²) in [6.07, 6.45) is 1.67. The van der Waals surface area contributed by atoms with Gasteiger partial charge in [-0.05, 0) is 12.0 Å². The van der Waals surface area contributed by atoms with Gasteiger partial charge in [0.25, 0.3) is 5.89 Å². The maximum Gasteiger partial charge on any atom is 0.329 e. The van der Waals surface area contributed by atoms with E-state index in [1.165, 1.54) is 0 Å². The molecule has 4 rings (SSSR count). The van der Waals surface area contributed by atoms with Gasteiger partial charge in [0.15, 0.2) is 0 Å². The van der Waals surface area contributed by atoms with Gasteiger partial charge < -0.3 is 24.8 Å².